The summed E-state index contributed by atoms with van der Waals surface area (Å²) in [5.41, 5.74) is 0. The molecule has 0 aromatic heterocycles. The fourth-order valence-electron chi connectivity index (χ4n) is 5.17. The Labute approximate surface area is 234 Å². The molecule has 0 aliphatic rings. The molecule has 0 spiro atoms. The van der Waals surface area contributed by atoms with Gasteiger partial charge in [-0.05, 0) is 19.3 Å². The molecule has 222 valence electrons. The fraction of sp³-hybridized carbons (Fsp3) is 0.971. The topological polar surface area (TPSA) is 29.5 Å². The van der Waals surface area contributed by atoms with Crippen LogP contribution >= 0.6 is 0 Å². The van der Waals surface area contributed by atoms with Gasteiger partial charge in [0, 0.05) is 19.5 Å². The predicted octanol–water partition coefficient (Wildman–Crippen LogP) is 11.7. The highest BCUT2D eigenvalue weighted by Gasteiger charge is 2.11. The first kappa shape index (κ1) is 36.4. The molecule has 0 saturated carbocycles. The third-order valence-corrected chi connectivity index (χ3v) is 7.74. The average Bonchev–Trinajstić information content (AvgIpc) is 2.90. The van der Waals surface area contributed by atoms with E-state index >= 15 is 0 Å². The minimum absolute atomic E-state index is 0.00674. The van der Waals surface area contributed by atoms with E-state index in [1.807, 2.05) is 5.06 Å². The Morgan fingerprint density at radius 1 is 0.405 bits per heavy atom. The molecule has 0 unspecified atom stereocenters. The summed E-state index contributed by atoms with van der Waals surface area (Å²) in [6.45, 7) is 8.65. The van der Waals surface area contributed by atoms with E-state index < -0.39 is 0 Å². The second kappa shape index (κ2) is 31.6. The first-order valence-corrected chi connectivity index (χ1v) is 17.2. The van der Waals surface area contributed by atoms with Crippen molar-refractivity contribution >= 4 is 5.97 Å². The summed E-state index contributed by atoms with van der Waals surface area (Å²) < 4.78 is 0. The molecule has 0 N–H and O–H groups in total. The smallest absolute Gasteiger partial charge is 0.325 e. The van der Waals surface area contributed by atoms with Crippen molar-refractivity contribution in [3.63, 3.8) is 0 Å². The van der Waals surface area contributed by atoms with Gasteiger partial charge < -0.3 is 4.84 Å². The van der Waals surface area contributed by atoms with Gasteiger partial charge in [-0.1, -0.05) is 175 Å². The molecular formula is C34H69NO2. The number of hydrogen-bond acceptors (Lipinski definition) is 3. The number of carbonyl (C=O) groups is 1. The third-order valence-electron chi connectivity index (χ3n) is 7.74. The van der Waals surface area contributed by atoms with Crippen LogP contribution in [0, 0.1) is 0 Å². The molecule has 0 fully saturated rings. The number of hydrogen-bond donors (Lipinski definition) is 0. The summed E-state index contributed by atoms with van der Waals surface area (Å²) in [5.74, 6) is -0.00674. The molecule has 0 heterocycles. The van der Waals surface area contributed by atoms with Crippen LogP contribution in [-0.4, -0.2) is 24.1 Å². The standard InChI is InChI=1S/C34H69NO2/c1-4-7-10-13-16-18-20-23-26-29-32-35(33-30-27-24-21-19-17-14-11-8-5-2)37-34(36)31-28-25-22-15-12-9-6-3/h4-33H2,1-3H3. The Bertz CT molecular complexity index is 416. The van der Waals surface area contributed by atoms with Crippen LogP contribution < -0.4 is 0 Å². The molecular weight excluding hydrogens is 454 g/mol. The second-order valence-electron chi connectivity index (χ2n) is 11.6. The largest absolute Gasteiger partial charge is 0.368 e. The molecule has 3 nitrogen and oxygen atoms in total. The van der Waals surface area contributed by atoms with Crippen molar-refractivity contribution in [3.05, 3.63) is 0 Å². The molecule has 0 aromatic rings. The minimum Gasteiger partial charge on any atom is -0.368 e. The lowest BCUT2D eigenvalue weighted by atomic mass is 10.1. The van der Waals surface area contributed by atoms with Crippen molar-refractivity contribution in [3.8, 4) is 0 Å². The van der Waals surface area contributed by atoms with Gasteiger partial charge in [-0.25, -0.2) is 0 Å². The number of carbonyl (C=O) groups excluding carboxylic acids is 1. The Hall–Kier alpha value is -0.570. The zero-order valence-electron chi connectivity index (χ0n) is 26.0. The van der Waals surface area contributed by atoms with E-state index in [9.17, 15) is 4.79 Å². The zero-order chi connectivity index (χ0) is 27.1. The van der Waals surface area contributed by atoms with Crippen LogP contribution in [0.1, 0.15) is 201 Å². The number of unbranched alkanes of at least 4 members (excludes halogenated alkanes) is 24. The molecule has 0 aliphatic heterocycles. The quantitative estimate of drug-likeness (QED) is 0.0668. The maximum absolute atomic E-state index is 12.5. The van der Waals surface area contributed by atoms with Crippen LogP contribution in [0.25, 0.3) is 0 Å². The van der Waals surface area contributed by atoms with Crippen LogP contribution in [-0.2, 0) is 9.63 Å². The first-order valence-electron chi connectivity index (χ1n) is 17.2. The van der Waals surface area contributed by atoms with Crippen molar-refractivity contribution in [1.82, 2.24) is 5.06 Å². The average molecular weight is 524 g/mol. The van der Waals surface area contributed by atoms with Crippen LogP contribution in [0.2, 0.25) is 0 Å². The minimum atomic E-state index is -0.00674. The third kappa shape index (κ3) is 29.8. The lowest BCUT2D eigenvalue weighted by Gasteiger charge is -2.21. The Balaban J connectivity index is 4.03. The van der Waals surface area contributed by atoms with Gasteiger partial charge >= 0.3 is 5.97 Å². The van der Waals surface area contributed by atoms with Crippen LogP contribution in [0.3, 0.4) is 0 Å². The van der Waals surface area contributed by atoms with Gasteiger partial charge in [-0.15, -0.1) is 5.06 Å². The summed E-state index contributed by atoms with van der Waals surface area (Å²) in [4.78, 5) is 18.3. The SMILES string of the molecule is CCCCCCCCCCCCN(CCCCCCCCCCCC)OC(=O)CCCCCCCCC. The van der Waals surface area contributed by atoms with Crippen molar-refractivity contribution in [2.45, 2.75) is 201 Å². The van der Waals surface area contributed by atoms with Crippen LogP contribution in [0.4, 0.5) is 0 Å². The lowest BCUT2D eigenvalue weighted by Crippen LogP contribution is -2.29. The highest BCUT2D eigenvalue weighted by Crippen LogP contribution is 2.14. The Morgan fingerprint density at radius 2 is 0.676 bits per heavy atom. The van der Waals surface area contributed by atoms with Gasteiger partial charge in [-0.3, -0.25) is 4.79 Å². The van der Waals surface area contributed by atoms with Crippen molar-refractivity contribution in [1.29, 1.82) is 0 Å². The van der Waals surface area contributed by atoms with E-state index in [2.05, 4.69) is 20.8 Å². The molecule has 0 bridgehead atoms. The van der Waals surface area contributed by atoms with Crippen molar-refractivity contribution < 1.29 is 9.63 Å². The van der Waals surface area contributed by atoms with Gasteiger partial charge in [0.05, 0.1) is 0 Å². The van der Waals surface area contributed by atoms with E-state index in [1.165, 1.54) is 148 Å². The lowest BCUT2D eigenvalue weighted by molar-refractivity contribution is -0.191. The first-order chi connectivity index (χ1) is 18.2. The van der Waals surface area contributed by atoms with E-state index in [0.29, 0.717) is 6.42 Å². The number of hydroxylamine groups is 2. The molecule has 0 aliphatic carbocycles. The van der Waals surface area contributed by atoms with Crippen molar-refractivity contribution in [2.24, 2.45) is 0 Å². The normalized spacial score (nSPS) is 11.5. The van der Waals surface area contributed by atoms with Gasteiger partial charge in [0.2, 0.25) is 0 Å². The Morgan fingerprint density at radius 3 is 1.00 bits per heavy atom. The molecule has 0 aromatic carbocycles. The molecule has 0 atom stereocenters. The summed E-state index contributed by atoms with van der Waals surface area (Å²) in [5, 5.41) is 2.01. The molecule has 0 rings (SSSR count). The van der Waals surface area contributed by atoms with Crippen LogP contribution in [0.5, 0.6) is 0 Å². The fourth-order valence-corrected chi connectivity index (χ4v) is 5.17. The number of rotatable bonds is 31. The van der Waals surface area contributed by atoms with E-state index in [-0.39, 0.29) is 5.97 Å². The monoisotopic (exact) mass is 524 g/mol. The van der Waals surface area contributed by atoms with Gasteiger partial charge in [0.15, 0.2) is 0 Å². The molecule has 0 saturated heterocycles. The van der Waals surface area contributed by atoms with Gasteiger partial charge in [0.25, 0.3) is 0 Å². The predicted molar refractivity (Wildman–Crippen MR) is 164 cm³/mol. The number of nitrogens with zero attached hydrogens (tertiary/aromatic N) is 1. The van der Waals surface area contributed by atoms with Crippen LogP contribution in [0.15, 0.2) is 0 Å². The summed E-state index contributed by atoms with van der Waals surface area (Å²) >= 11 is 0. The van der Waals surface area contributed by atoms with Gasteiger partial charge in [0.1, 0.15) is 0 Å². The maximum Gasteiger partial charge on any atom is 0.325 e. The second-order valence-corrected chi connectivity index (χ2v) is 11.6. The zero-order valence-corrected chi connectivity index (χ0v) is 26.0. The molecule has 3 heteroatoms. The maximum atomic E-state index is 12.5. The molecule has 0 radical (unpaired) electrons. The summed E-state index contributed by atoms with van der Waals surface area (Å²) in [7, 11) is 0. The highest BCUT2D eigenvalue weighted by atomic mass is 16.7. The summed E-state index contributed by atoms with van der Waals surface area (Å²) in [6, 6.07) is 0. The molecule has 0 amide bonds. The van der Waals surface area contributed by atoms with E-state index in [4.69, 9.17) is 4.84 Å². The van der Waals surface area contributed by atoms with Gasteiger partial charge in [-0.2, -0.15) is 0 Å². The van der Waals surface area contributed by atoms with E-state index in [0.717, 1.165) is 38.8 Å². The van der Waals surface area contributed by atoms with Crippen molar-refractivity contribution in [2.75, 3.05) is 13.1 Å². The highest BCUT2D eigenvalue weighted by molar-refractivity contribution is 5.68. The molecule has 37 heavy (non-hydrogen) atoms. The summed E-state index contributed by atoms with van der Waals surface area (Å²) in [6.07, 6.45) is 36.2. The Kier molecular flexibility index (Phi) is 31.2. The van der Waals surface area contributed by atoms with E-state index in [1.54, 1.807) is 0 Å².